The van der Waals surface area contributed by atoms with E-state index in [4.69, 9.17) is 0 Å². The van der Waals surface area contributed by atoms with Crippen LogP contribution in [0, 0.1) is 5.82 Å². The van der Waals surface area contributed by atoms with Crippen LogP contribution in [0.3, 0.4) is 0 Å². The van der Waals surface area contributed by atoms with Crippen molar-refractivity contribution in [1.29, 1.82) is 0 Å². The van der Waals surface area contributed by atoms with Crippen LogP contribution in [0.25, 0.3) is 43.6 Å². The molecule has 4 nitrogen and oxygen atoms in total. The number of nitrogens with zero attached hydrogens (tertiary/aromatic N) is 2. The third kappa shape index (κ3) is 2.20. The molecule has 0 saturated carbocycles. The fourth-order valence-electron chi connectivity index (χ4n) is 4.04. The van der Waals surface area contributed by atoms with Crippen molar-refractivity contribution in [2.75, 3.05) is 0 Å². The molecule has 0 bridgehead atoms. The predicted molar refractivity (Wildman–Crippen MR) is 116 cm³/mol. The standard InChI is InChI=1S/C22H16FN2O2P/c1-24-17-7-11(23)3-5-13(17)21(26)15-10-20-16(9-19(15)24)22(27)14-6-4-12(28)8-18(14)25(20)2/h3-10H,28H2,1-2H3. The molecule has 0 aliphatic rings. The minimum Gasteiger partial charge on any atom is -0.343 e. The van der Waals surface area contributed by atoms with Crippen molar-refractivity contribution < 1.29 is 4.39 Å². The number of hydrogen-bond acceptors (Lipinski definition) is 2. The van der Waals surface area contributed by atoms with Crippen molar-refractivity contribution in [2.45, 2.75) is 0 Å². The van der Waals surface area contributed by atoms with Gasteiger partial charge in [-0.1, -0.05) is 6.07 Å². The molecule has 0 fully saturated rings. The second-order valence-electron chi connectivity index (χ2n) is 7.10. The van der Waals surface area contributed by atoms with Gasteiger partial charge in [0, 0.05) is 35.6 Å². The molecule has 0 radical (unpaired) electrons. The minimum atomic E-state index is -0.405. The number of aromatic nitrogens is 2. The normalized spacial score (nSPS) is 11.9. The average molecular weight is 390 g/mol. The summed E-state index contributed by atoms with van der Waals surface area (Å²) in [7, 11) is 6.30. The lowest BCUT2D eigenvalue weighted by Crippen LogP contribution is -2.14. The lowest BCUT2D eigenvalue weighted by Gasteiger charge is -2.15. The molecule has 28 heavy (non-hydrogen) atoms. The van der Waals surface area contributed by atoms with Crippen molar-refractivity contribution in [2.24, 2.45) is 14.1 Å². The first-order valence-electron chi connectivity index (χ1n) is 8.81. The van der Waals surface area contributed by atoms with Crippen molar-refractivity contribution in [3.05, 3.63) is 74.8 Å². The summed E-state index contributed by atoms with van der Waals surface area (Å²) >= 11 is 0. The summed E-state index contributed by atoms with van der Waals surface area (Å²) in [6.45, 7) is 0. The van der Waals surface area contributed by atoms with E-state index >= 15 is 0 Å². The van der Waals surface area contributed by atoms with Crippen LogP contribution in [-0.4, -0.2) is 9.13 Å². The largest absolute Gasteiger partial charge is 0.343 e. The van der Waals surface area contributed by atoms with Gasteiger partial charge in [0.1, 0.15) is 5.82 Å². The van der Waals surface area contributed by atoms with Gasteiger partial charge in [-0.15, -0.1) is 9.24 Å². The van der Waals surface area contributed by atoms with E-state index < -0.39 is 5.82 Å². The highest BCUT2D eigenvalue weighted by Gasteiger charge is 2.15. The molecule has 0 amide bonds. The van der Waals surface area contributed by atoms with E-state index in [9.17, 15) is 14.0 Å². The molecular formula is C22H16FN2O2P. The number of hydrogen-bond donors (Lipinski definition) is 0. The highest BCUT2D eigenvalue weighted by Crippen LogP contribution is 2.25. The van der Waals surface area contributed by atoms with E-state index in [2.05, 4.69) is 9.24 Å². The maximum Gasteiger partial charge on any atom is 0.197 e. The second-order valence-corrected chi connectivity index (χ2v) is 7.77. The Morgan fingerprint density at radius 2 is 1.14 bits per heavy atom. The Bertz CT molecular complexity index is 1480. The first-order chi connectivity index (χ1) is 13.4. The van der Waals surface area contributed by atoms with Gasteiger partial charge in [0.15, 0.2) is 10.9 Å². The zero-order valence-corrected chi connectivity index (χ0v) is 16.4. The Morgan fingerprint density at radius 1 is 0.679 bits per heavy atom. The Hall–Kier alpha value is -3.04. The first-order valence-corrected chi connectivity index (χ1v) is 9.38. The van der Waals surface area contributed by atoms with Crippen LogP contribution in [0.15, 0.2) is 58.1 Å². The van der Waals surface area contributed by atoms with Crippen LogP contribution in [0.5, 0.6) is 0 Å². The number of fused-ring (bicyclic) bond motifs is 4. The SMILES string of the molecule is Cn1c2cc(F)ccc2c(=O)c2cc3c(cc21)c(=O)c1ccc(P)cc1n3C. The number of benzene rings is 3. The molecule has 5 aromatic rings. The molecule has 1 unspecified atom stereocenters. The molecule has 138 valence electrons. The monoisotopic (exact) mass is 390 g/mol. The summed E-state index contributed by atoms with van der Waals surface area (Å²) < 4.78 is 17.5. The van der Waals surface area contributed by atoms with Gasteiger partial charge in [0.05, 0.1) is 22.1 Å². The molecule has 0 spiro atoms. The maximum absolute atomic E-state index is 13.8. The van der Waals surface area contributed by atoms with E-state index in [-0.39, 0.29) is 10.9 Å². The molecule has 0 saturated heterocycles. The molecule has 2 aromatic heterocycles. The van der Waals surface area contributed by atoms with Crippen LogP contribution < -0.4 is 16.2 Å². The van der Waals surface area contributed by atoms with Gasteiger partial charge in [0.2, 0.25) is 0 Å². The summed E-state index contributed by atoms with van der Waals surface area (Å²) in [5, 5.41) is 3.09. The van der Waals surface area contributed by atoms with Gasteiger partial charge in [-0.2, -0.15) is 0 Å². The summed E-state index contributed by atoms with van der Waals surface area (Å²) in [6.07, 6.45) is 0. The third-order valence-corrected chi connectivity index (χ3v) is 5.88. The molecule has 2 heterocycles. The number of aryl methyl sites for hydroxylation is 2. The molecule has 1 atom stereocenters. The highest BCUT2D eigenvalue weighted by atomic mass is 31.0. The van der Waals surface area contributed by atoms with Crippen molar-refractivity contribution in [1.82, 2.24) is 9.13 Å². The summed E-state index contributed by atoms with van der Waals surface area (Å²) in [5.74, 6) is -0.405. The molecule has 6 heteroatoms. The van der Waals surface area contributed by atoms with Crippen molar-refractivity contribution in [3.63, 3.8) is 0 Å². The van der Waals surface area contributed by atoms with E-state index in [1.807, 2.05) is 29.8 Å². The van der Waals surface area contributed by atoms with Gasteiger partial charge < -0.3 is 9.13 Å². The predicted octanol–water partition coefficient (Wildman–Crippen LogP) is 3.34. The Kier molecular flexibility index (Phi) is 3.49. The van der Waals surface area contributed by atoms with Crippen molar-refractivity contribution in [3.8, 4) is 0 Å². The topological polar surface area (TPSA) is 44.0 Å². The Morgan fingerprint density at radius 3 is 1.71 bits per heavy atom. The first kappa shape index (κ1) is 17.1. The van der Waals surface area contributed by atoms with Gasteiger partial charge >= 0.3 is 0 Å². The van der Waals surface area contributed by atoms with E-state index in [1.54, 1.807) is 23.7 Å². The molecule has 0 aliphatic heterocycles. The maximum atomic E-state index is 13.8. The van der Waals surface area contributed by atoms with E-state index in [0.717, 1.165) is 10.8 Å². The minimum absolute atomic E-state index is 0.0817. The van der Waals surface area contributed by atoms with Gasteiger partial charge in [-0.05, 0) is 47.8 Å². The van der Waals surface area contributed by atoms with Crippen LogP contribution in [-0.2, 0) is 14.1 Å². The van der Waals surface area contributed by atoms with Crippen LogP contribution in [0.1, 0.15) is 0 Å². The number of halogens is 1. The summed E-state index contributed by atoms with van der Waals surface area (Å²) in [4.78, 5) is 26.2. The Labute approximate surface area is 161 Å². The lowest BCUT2D eigenvalue weighted by molar-refractivity contribution is 0.629. The third-order valence-electron chi connectivity index (χ3n) is 5.52. The zero-order valence-electron chi connectivity index (χ0n) is 15.3. The van der Waals surface area contributed by atoms with E-state index in [0.29, 0.717) is 38.1 Å². The average Bonchev–Trinajstić information content (AvgIpc) is 2.69. The van der Waals surface area contributed by atoms with Crippen LogP contribution >= 0.6 is 9.24 Å². The molecule has 0 aliphatic carbocycles. The highest BCUT2D eigenvalue weighted by molar-refractivity contribution is 7.27. The number of pyridine rings is 2. The van der Waals surface area contributed by atoms with Crippen LogP contribution in [0.4, 0.5) is 4.39 Å². The second kappa shape index (κ2) is 5.73. The van der Waals surface area contributed by atoms with Crippen molar-refractivity contribution >= 4 is 58.2 Å². The van der Waals surface area contributed by atoms with Gasteiger partial charge in [0.25, 0.3) is 0 Å². The quantitative estimate of drug-likeness (QED) is 0.301. The van der Waals surface area contributed by atoms with E-state index in [1.165, 1.54) is 18.2 Å². The molecule has 3 aromatic carbocycles. The van der Waals surface area contributed by atoms with Crippen LogP contribution in [0.2, 0.25) is 0 Å². The smallest absolute Gasteiger partial charge is 0.197 e. The van der Waals surface area contributed by atoms with Gasteiger partial charge in [-0.3, -0.25) is 9.59 Å². The molecular weight excluding hydrogens is 374 g/mol. The Balaban J connectivity index is 2.08. The fourth-order valence-corrected chi connectivity index (χ4v) is 4.29. The molecule has 5 rings (SSSR count). The fraction of sp³-hybridized carbons (Fsp3) is 0.0909. The summed E-state index contributed by atoms with van der Waals surface area (Å²) in [6, 6.07) is 13.3. The summed E-state index contributed by atoms with van der Waals surface area (Å²) in [5.41, 5.74) is 2.36. The van der Waals surface area contributed by atoms with Gasteiger partial charge in [-0.25, -0.2) is 4.39 Å². The lowest BCUT2D eigenvalue weighted by atomic mass is 10.0. The number of rotatable bonds is 0. The molecule has 0 N–H and O–H groups in total. The zero-order chi connectivity index (χ0) is 19.7.